The van der Waals surface area contributed by atoms with Crippen molar-refractivity contribution in [2.75, 3.05) is 13.2 Å². The zero-order valence-electron chi connectivity index (χ0n) is 11.4. The minimum absolute atomic E-state index is 0.172. The molecule has 0 aromatic carbocycles. The predicted octanol–water partition coefficient (Wildman–Crippen LogP) is 1.42. The summed E-state index contributed by atoms with van der Waals surface area (Å²) < 4.78 is 5.42. The lowest BCUT2D eigenvalue weighted by atomic mass is 9.96. The molecule has 1 rings (SSSR count). The van der Waals surface area contributed by atoms with E-state index >= 15 is 0 Å². The summed E-state index contributed by atoms with van der Waals surface area (Å²) in [6, 6.07) is 0. The Morgan fingerprint density at radius 3 is 2.56 bits per heavy atom. The van der Waals surface area contributed by atoms with Gasteiger partial charge in [0.05, 0.1) is 5.92 Å². The van der Waals surface area contributed by atoms with Gasteiger partial charge in [0.1, 0.15) is 5.60 Å². The number of hydrogen-bond acceptors (Lipinski definition) is 3. The minimum atomic E-state index is -0.860. The summed E-state index contributed by atoms with van der Waals surface area (Å²) in [5.74, 6) is -1.29. The topological polar surface area (TPSA) is 75.6 Å². The van der Waals surface area contributed by atoms with Crippen molar-refractivity contribution < 1.29 is 19.4 Å². The summed E-state index contributed by atoms with van der Waals surface area (Å²) in [7, 11) is 0. The molecule has 0 spiro atoms. The monoisotopic (exact) mass is 257 g/mol. The molecule has 1 aliphatic rings. The summed E-state index contributed by atoms with van der Waals surface area (Å²) in [5, 5.41) is 11.8. The van der Waals surface area contributed by atoms with Gasteiger partial charge in [-0.1, -0.05) is 13.8 Å². The van der Waals surface area contributed by atoms with Crippen LogP contribution in [0.25, 0.3) is 0 Å². The summed E-state index contributed by atoms with van der Waals surface area (Å²) in [5.41, 5.74) is -0.777. The lowest BCUT2D eigenvalue weighted by Crippen LogP contribution is -2.46. The molecule has 1 amide bonds. The van der Waals surface area contributed by atoms with Crippen molar-refractivity contribution in [1.29, 1.82) is 0 Å². The molecule has 2 atom stereocenters. The van der Waals surface area contributed by atoms with Gasteiger partial charge in [-0.15, -0.1) is 0 Å². The van der Waals surface area contributed by atoms with E-state index in [1.807, 2.05) is 13.8 Å². The first kappa shape index (κ1) is 15.0. The number of rotatable bonds is 6. The second-order valence-corrected chi connectivity index (χ2v) is 5.56. The molecule has 0 bridgehead atoms. The Labute approximate surface area is 108 Å². The largest absolute Gasteiger partial charge is 0.481 e. The Morgan fingerprint density at radius 2 is 2.11 bits per heavy atom. The number of carboxylic acids is 1. The van der Waals surface area contributed by atoms with Gasteiger partial charge >= 0.3 is 5.97 Å². The average Bonchev–Trinajstić information content (AvgIpc) is 2.71. The molecule has 104 valence electrons. The van der Waals surface area contributed by atoms with Gasteiger partial charge in [0.25, 0.3) is 5.91 Å². The number of carboxylic acid groups (broad SMARTS) is 1. The molecule has 2 unspecified atom stereocenters. The van der Waals surface area contributed by atoms with Crippen LogP contribution in [0.1, 0.15) is 40.0 Å². The van der Waals surface area contributed by atoms with Crippen LogP contribution >= 0.6 is 0 Å². The van der Waals surface area contributed by atoms with E-state index < -0.39 is 17.5 Å². The van der Waals surface area contributed by atoms with Gasteiger partial charge < -0.3 is 15.2 Å². The molecular weight excluding hydrogens is 234 g/mol. The molecule has 5 nitrogen and oxygen atoms in total. The van der Waals surface area contributed by atoms with Crippen molar-refractivity contribution in [2.45, 2.75) is 45.6 Å². The van der Waals surface area contributed by atoms with E-state index in [-0.39, 0.29) is 12.5 Å². The highest BCUT2D eigenvalue weighted by molar-refractivity contribution is 5.85. The normalized spacial score (nSPS) is 25.1. The third-order valence-corrected chi connectivity index (χ3v) is 3.31. The van der Waals surface area contributed by atoms with E-state index in [9.17, 15) is 9.59 Å². The Morgan fingerprint density at radius 1 is 1.44 bits per heavy atom. The number of hydrogen-bond donors (Lipinski definition) is 2. The van der Waals surface area contributed by atoms with Gasteiger partial charge in [-0.05, 0) is 32.1 Å². The average molecular weight is 257 g/mol. The zero-order chi connectivity index (χ0) is 13.8. The minimum Gasteiger partial charge on any atom is -0.481 e. The highest BCUT2D eigenvalue weighted by Crippen LogP contribution is 2.25. The summed E-state index contributed by atoms with van der Waals surface area (Å²) in [4.78, 5) is 23.0. The van der Waals surface area contributed by atoms with Gasteiger partial charge in [-0.2, -0.15) is 0 Å². The second kappa shape index (κ2) is 6.18. The molecule has 0 radical (unpaired) electrons. The molecule has 1 fully saturated rings. The maximum absolute atomic E-state index is 12.0. The Bertz CT molecular complexity index is 308. The first-order chi connectivity index (χ1) is 8.35. The number of carbonyl (C=O) groups excluding carboxylic acids is 1. The van der Waals surface area contributed by atoms with Crippen LogP contribution < -0.4 is 5.32 Å². The standard InChI is InChI=1S/C13H23NO4/c1-9(2)7-10(11(15)16)8-14-12(17)13(3)5-4-6-18-13/h9-10H,4-8H2,1-3H3,(H,14,17)(H,15,16). The predicted molar refractivity (Wildman–Crippen MR) is 67.2 cm³/mol. The van der Waals surface area contributed by atoms with Crippen molar-refractivity contribution in [3.8, 4) is 0 Å². The third kappa shape index (κ3) is 3.98. The fourth-order valence-corrected chi connectivity index (χ4v) is 2.20. The summed E-state index contributed by atoms with van der Waals surface area (Å²) in [6.07, 6.45) is 2.13. The van der Waals surface area contributed by atoms with Crippen molar-refractivity contribution in [2.24, 2.45) is 11.8 Å². The highest BCUT2D eigenvalue weighted by Gasteiger charge is 2.38. The first-order valence-electron chi connectivity index (χ1n) is 6.50. The van der Waals surface area contributed by atoms with E-state index in [0.29, 0.717) is 25.4 Å². The number of amides is 1. The zero-order valence-corrected chi connectivity index (χ0v) is 11.4. The molecule has 0 aromatic heterocycles. The third-order valence-electron chi connectivity index (χ3n) is 3.31. The Kier molecular flexibility index (Phi) is 5.14. The van der Waals surface area contributed by atoms with Crippen LogP contribution in [0.2, 0.25) is 0 Å². The van der Waals surface area contributed by atoms with Gasteiger partial charge in [-0.25, -0.2) is 0 Å². The number of carbonyl (C=O) groups is 2. The maximum atomic E-state index is 12.0. The smallest absolute Gasteiger partial charge is 0.308 e. The van der Waals surface area contributed by atoms with Crippen LogP contribution in [-0.4, -0.2) is 35.7 Å². The van der Waals surface area contributed by atoms with Crippen LogP contribution in [0.15, 0.2) is 0 Å². The number of aliphatic carboxylic acids is 1. The van der Waals surface area contributed by atoms with E-state index in [1.54, 1.807) is 6.92 Å². The van der Waals surface area contributed by atoms with Crippen molar-refractivity contribution in [1.82, 2.24) is 5.32 Å². The summed E-state index contributed by atoms with van der Waals surface area (Å²) >= 11 is 0. The van der Waals surface area contributed by atoms with Crippen molar-refractivity contribution in [3.63, 3.8) is 0 Å². The quantitative estimate of drug-likeness (QED) is 0.754. The molecule has 0 aromatic rings. The molecule has 18 heavy (non-hydrogen) atoms. The Hall–Kier alpha value is -1.10. The van der Waals surface area contributed by atoms with Crippen molar-refractivity contribution >= 4 is 11.9 Å². The molecule has 5 heteroatoms. The van der Waals surface area contributed by atoms with Crippen LogP contribution in [0.4, 0.5) is 0 Å². The molecule has 2 N–H and O–H groups in total. The van der Waals surface area contributed by atoms with Gasteiger partial charge in [0, 0.05) is 13.2 Å². The second-order valence-electron chi connectivity index (χ2n) is 5.56. The first-order valence-corrected chi connectivity index (χ1v) is 6.50. The van der Waals surface area contributed by atoms with Gasteiger partial charge in [0.2, 0.25) is 0 Å². The SMILES string of the molecule is CC(C)CC(CNC(=O)C1(C)CCCO1)C(=O)O. The van der Waals surface area contributed by atoms with E-state index in [2.05, 4.69) is 5.32 Å². The fourth-order valence-electron chi connectivity index (χ4n) is 2.20. The van der Waals surface area contributed by atoms with Gasteiger partial charge in [0.15, 0.2) is 0 Å². The van der Waals surface area contributed by atoms with Crippen LogP contribution in [0.5, 0.6) is 0 Å². The summed E-state index contributed by atoms with van der Waals surface area (Å²) in [6.45, 7) is 6.47. The van der Waals surface area contributed by atoms with E-state index in [1.165, 1.54) is 0 Å². The molecule has 1 saturated heterocycles. The molecule has 1 aliphatic heterocycles. The van der Waals surface area contributed by atoms with E-state index in [4.69, 9.17) is 9.84 Å². The molecular formula is C13H23NO4. The number of nitrogens with one attached hydrogen (secondary N) is 1. The number of ether oxygens (including phenoxy) is 1. The molecule has 0 saturated carbocycles. The van der Waals surface area contributed by atoms with Crippen LogP contribution in [0.3, 0.4) is 0 Å². The van der Waals surface area contributed by atoms with Crippen LogP contribution in [0, 0.1) is 11.8 Å². The van der Waals surface area contributed by atoms with E-state index in [0.717, 1.165) is 6.42 Å². The van der Waals surface area contributed by atoms with Gasteiger partial charge in [-0.3, -0.25) is 9.59 Å². The molecule has 0 aliphatic carbocycles. The maximum Gasteiger partial charge on any atom is 0.308 e. The van der Waals surface area contributed by atoms with Crippen LogP contribution in [-0.2, 0) is 14.3 Å². The van der Waals surface area contributed by atoms with Crippen molar-refractivity contribution in [3.05, 3.63) is 0 Å². The molecule has 1 heterocycles. The fraction of sp³-hybridized carbons (Fsp3) is 0.846. The lowest BCUT2D eigenvalue weighted by molar-refractivity contribution is -0.143. The lowest BCUT2D eigenvalue weighted by Gasteiger charge is -2.23. The Balaban J connectivity index is 2.46. The highest BCUT2D eigenvalue weighted by atomic mass is 16.5.